The monoisotopic (exact) mass is 342 g/mol. The van der Waals surface area contributed by atoms with Gasteiger partial charge in [0.1, 0.15) is 0 Å². The maximum absolute atomic E-state index is 6.25. The van der Waals surface area contributed by atoms with Gasteiger partial charge in [-0.25, -0.2) is 0 Å². The lowest BCUT2D eigenvalue weighted by molar-refractivity contribution is -0.122. The molecule has 6 nitrogen and oxygen atoms in total. The van der Waals surface area contributed by atoms with Crippen molar-refractivity contribution in [1.82, 2.24) is 9.80 Å². The molecule has 0 aromatic heterocycles. The Morgan fingerprint density at radius 2 is 1.96 bits per heavy atom. The molecule has 2 heterocycles. The molecule has 0 unspecified atom stereocenters. The van der Waals surface area contributed by atoms with Crippen molar-refractivity contribution in [2.75, 3.05) is 64.1 Å². The summed E-state index contributed by atoms with van der Waals surface area (Å²) in [6.45, 7) is 9.32. The Hall–Kier alpha value is -0.500. The van der Waals surface area contributed by atoms with Crippen LogP contribution in [-0.2, 0) is 9.47 Å². The van der Waals surface area contributed by atoms with Gasteiger partial charge >= 0.3 is 0 Å². The van der Waals surface area contributed by atoms with Gasteiger partial charge in [-0.2, -0.15) is 11.8 Å². The highest BCUT2D eigenvalue weighted by Gasteiger charge is 2.49. The van der Waals surface area contributed by atoms with Gasteiger partial charge in [0, 0.05) is 49.8 Å². The summed E-state index contributed by atoms with van der Waals surface area (Å²) in [5.41, 5.74) is 6.37. The largest absolute Gasteiger partial charge is 0.379 e. The molecule has 1 saturated carbocycles. The fourth-order valence-corrected chi connectivity index (χ4v) is 4.69. The van der Waals surface area contributed by atoms with Gasteiger partial charge in [-0.15, -0.1) is 0 Å². The molecule has 0 atom stereocenters. The Morgan fingerprint density at radius 1 is 1.26 bits per heavy atom. The maximum atomic E-state index is 6.25. The van der Waals surface area contributed by atoms with E-state index in [4.69, 9.17) is 20.2 Å². The van der Waals surface area contributed by atoms with Gasteiger partial charge in [0.15, 0.2) is 5.96 Å². The summed E-state index contributed by atoms with van der Waals surface area (Å²) in [7, 11) is 0. The van der Waals surface area contributed by atoms with Crippen LogP contribution < -0.4 is 5.73 Å². The smallest absolute Gasteiger partial charge is 0.191 e. The highest BCUT2D eigenvalue weighted by molar-refractivity contribution is 7.99. The Balaban J connectivity index is 1.61. The van der Waals surface area contributed by atoms with E-state index >= 15 is 0 Å². The molecule has 3 fully saturated rings. The van der Waals surface area contributed by atoms with Crippen molar-refractivity contribution in [3.8, 4) is 0 Å². The highest BCUT2D eigenvalue weighted by Crippen LogP contribution is 2.40. The van der Waals surface area contributed by atoms with Gasteiger partial charge < -0.3 is 20.1 Å². The molecule has 2 saturated heterocycles. The lowest BCUT2D eigenvalue weighted by Crippen LogP contribution is -2.64. The van der Waals surface area contributed by atoms with E-state index in [0.29, 0.717) is 6.10 Å². The quantitative estimate of drug-likeness (QED) is 0.584. The van der Waals surface area contributed by atoms with E-state index in [1.165, 1.54) is 0 Å². The van der Waals surface area contributed by atoms with Crippen molar-refractivity contribution >= 4 is 17.7 Å². The van der Waals surface area contributed by atoms with Gasteiger partial charge in [-0.3, -0.25) is 9.89 Å². The molecule has 2 aliphatic heterocycles. The third kappa shape index (κ3) is 4.13. The molecule has 23 heavy (non-hydrogen) atoms. The molecular formula is C16H30N4O2S. The van der Waals surface area contributed by atoms with Crippen LogP contribution in [0.3, 0.4) is 0 Å². The highest BCUT2D eigenvalue weighted by atomic mass is 32.2. The van der Waals surface area contributed by atoms with Gasteiger partial charge in [0.25, 0.3) is 0 Å². The number of nitrogens with two attached hydrogens (primary N) is 1. The molecule has 1 aliphatic carbocycles. The maximum Gasteiger partial charge on any atom is 0.191 e. The Kier molecular flexibility index (Phi) is 6.07. The number of nitrogens with zero attached hydrogens (tertiary/aromatic N) is 3. The van der Waals surface area contributed by atoms with E-state index in [1.54, 1.807) is 0 Å². The summed E-state index contributed by atoms with van der Waals surface area (Å²) in [4.78, 5) is 9.56. The Bertz CT molecular complexity index is 403. The number of ether oxygens (including phenoxy) is 2. The minimum atomic E-state index is 0.124. The molecule has 0 spiro atoms. The molecule has 0 aromatic carbocycles. The molecule has 0 aromatic rings. The number of rotatable bonds is 5. The number of guanidine groups is 1. The van der Waals surface area contributed by atoms with Crippen LogP contribution in [-0.4, -0.2) is 91.5 Å². The zero-order valence-electron chi connectivity index (χ0n) is 14.2. The summed E-state index contributed by atoms with van der Waals surface area (Å²) in [6, 6.07) is 0. The second-order valence-corrected chi connectivity index (χ2v) is 7.81. The molecule has 2 N–H and O–H groups in total. The van der Waals surface area contributed by atoms with E-state index < -0.39 is 0 Å². The van der Waals surface area contributed by atoms with E-state index in [1.807, 2.05) is 11.8 Å². The van der Waals surface area contributed by atoms with Crippen molar-refractivity contribution in [1.29, 1.82) is 0 Å². The first-order valence-corrected chi connectivity index (χ1v) is 9.96. The van der Waals surface area contributed by atoms with Gasteiger partial charge in [0.2, 0.25) is 0 Å². The fourth-order valence-electron chi connectivity index (χ4n) is 3.79. The summed E-state index contributed by atoms with van der Waals surface area (Å²) >= 11 is 1.99. The van der Waals surface area contributed by atoms with Crippen LogP contribution >= 0.6 is 11.8 Å². The number of morpholine rings is 1. The van der Waals surface area contributed by atoms with Gasteiger partial charge in [-0.05, 0) is 19.8 Å². The second-order valence-electron chi connectivity index (χ2n) is 6.58. The van der Waals surface area contributed by atoms with Crippen LogP contribution in [0.4, 0.5) is 0 Å². The van der Waals surface area contributed by atoms with Crippen LogP contribution in [0.1, 0.15) is 19.8 Å². The summed E-state index contributed by atoms with van der Waals surface area (Å²) in [5, 5.41) is 0. The van der Waals surface area contributed by atoms with Crippen molar-refractivity contribution in [2.24, 2.45) is 10.7 Å². The fraction of sp³-hybridized carbons (Fsp3) is 0.938. The predicted molar refractivity (Wildman–Crippen MR) is 95.2 cm³/mol. The molecule has 132 valence electrons. The SMILES string of the molecule is CCOC1CC(CN=C(N)N2CCSCC2)(N2CCOCC2)C1. The first-order valence-electron chi connectivity index (χ1n) is 8.80. The number of hydrogen-bond acceptors (Lipinski definition) is 5. The number of aliphatic imine (C=N–C) groups is 1. The molecule has 0 bridgehead atoms. The Labute approximate surface area is 143 Å². The van der Waals surface area contributed by atoms with Crippen molar-refractivity contribution in [2.45, 2.75) is 31.4 Å². The molecule has 0 radical (unpaired) electrons. The van der Waals surface area contributed by atoms with E-state index in [2.05, 4.69) is 16.7 Å². The molecular weight excluding hydrogens is 312 g/mol. The summed E-state index contributed by atoms with van der Waals surface area (Å²) in [5.74, 6) is 3.02. The van der Waals surface area contributed by atoms with Crippen LogP contribution in [0.25, 0.3) is 0 Å². The number of hydrogen-bond donors (Lipinski definition) is 1. The average Bonchev–Trinajstić information content (AvgIpc) is 2.58. The predicted octanol–water partition coefficient (Wildman–Crippen LogP) is 0.620. The van der Waals surface area contributed by atoms with Crippen molar-refractivity contribution in [3.05, 3.63) is 0 Å². The van der Waals surface area contributed by atoms with E-state index in [-0.39, 0.29) is 5.54 Å². The third-order valence-electron chi connectivity index (χ3n) is 5.17. The molecule has 3 rings (SSSR count). The topological polar surface area (TPSA) is 63.3 Å². The summed E-state index contributed by atoms with van der Waals surface area (Å²) < 4.78 is 11.3. The summed E-state index contributed by atoms with van der Waals surface area (Å²) in [6.07, 6.45) is 2.51. The zero-order valence-corrected chi connectivity index (χ0v) is 15.0. The lowest BCUT2D eigenvalue weighted by atomic mass is 9.72. The van der Waals surface area contributed by atoms with Crippen LogP contribution in [0.2, 0.25) is 0 Å². The minimum absolute atomic E-state index is 0.124. The van der Waals surface area contributed by atoms with Crippen molar-refractivity contribution < 1.29 is 9.47 Å². The second kappa shape index (κ2) is 8.05. The van der Waals surface area contributed by atoms with E-state index in [9.17, 15) is 0 Å². The van der Waals surface area contributed by atoms with Crippen LogP contribution in [0, 0.1) is 0 Å². The van der Waals surface area contributed by atoms with Gasteiger partial charge in [-0.1, -0.05) is 0 Å². The first-order chi connectivity index (χ1) is 11.2. The molecule has 0 amide bonds. The lowest BCUT2D eigenvalue weighted by Gasteiger charge is -2.54. The normalized spacial score (nSPS) is 33.5. The molecule has 7 heteroatoms. The standard InChI is InChI=1S/C16H30N4O2S/c1-2-22-14-11-16(12-14,20-3-7-21-8-4-20)13-18-15(17)19-5-9-23-10-6-19/h14H,2-13H2,1H3,(H2,17,18). The first kappa shape index (κ1) is 17.3. The van der Waals surface area contributed by atoms with Crippen molar-refractivity contribution in [3.63, 3.8) is 0 Å². The minimum Gasteiger partial charge on any atom is -0.379 e. The average molecular weight is 343 g/mol. The van der Waals surface area contributed by atoms with E-state index in [0.717, 1.165) is 82.9 Å². The van der Waals surface area contributed by atoms with Gasteiger partial charge in [0.05, 0.1) is 25.9 Å². The van der Waals surface area contributed by atoms with Crippen LogP contribution in [0.15, 0.2) is 4.99 Å². The zero-order chi connectivity index (χ0) is 16.1. The number of thioether (sulfide) groups is 1. The van der Waals surface area contributed by atoms with Crippen LogP contribution in [0.5, 0.6) is 0 Å². The Morgan fingerprint density at radius 3 is 2.61 bits per heavy atom. The third-order valence-corrected chi connectivity index (χ3v) is 6.11. The molecule has 3 aliphatic rings.